The highest BCUT2D eigenvalue weighted by Gasteiger charge is 2.30. The lowest BCUT2D eigenvalue weighted by molar-refractivity contribution is -0.137. The minimum Gasteiger partial charge on any atom is -0.297 e. The number of thiazole rings is 1. The van der Waals surface area contributed by atoms with E-state index >= 15 is 0 Å². The molecule has 21 heavy (non-hydrogen) atoms. The summed E-state index contributed by atoms with van der Waals surface area (Å²) >= 11 is 1.57. The van der Waals surface area contributed by atoms with Gasteiger partial charge >= 0.3 is 6.18 Å². The Morgan fingerprint density at radius 3 is 2.38 bits per heavy atom. The largest absolute Gasteiger partial charge is 0.416 e. The topological polar surface area (TPSA) is 16.1 Å². The number of hydrogen-bond donors (Lipinski definition) is 0. The predicted molar refractivity (Wildman–Crippen MR) is 77.1 cm³/mol. The van der Waals surface area contributed by atoms with Crippen molar-refractivity contribution in [2.75, 3.05) is 13.1 Å². The van der Waals surface area contributed by atoms with E-state index in [4.69, 9.17) is 0 Å². The predicted octanol–water partition coefficient (Wildman–Crippen LogP) is 4.42. The molecule has 1 aromatic heterocycles. The van der Waals surface area contributed by atoms with Crippen molar-refractivity contribution in [1.82, 2.24) is 9.88 Å². The molecule has 3 rings (SSSR count). The van der Waals surface area contributed by atoms with E-state index in [2.05, 4.69) is 9.88 Å². The van der Waals surface area contributed by atoms with Crippen molar-refractivity contribution in [3.8, 4) is 11.3 Å². The molecule has 2 aromatic rings. The average Bonchev–Trinajstić information content (AvgIpc) is 3.10. The van der Waals surface area contributed by atoms with Gasteiger partial charge in [-0.05, 0) is 38.1 Å². The fourth-order valence-corrected chi connectivity index (χ4v) is 3.32. The highest BCUT2D eigenvalue weighted by molar-refractivity contribution is 7.09. The third-order valence-electron chi connectivity index (χ3n) is 3.62. The fourth-order valence-electron chi connectivity index (χ4n) is 2.48. The minimum absolute atomic E-state index is 0.626. The Labute approximate surface area is 125 Å². The van der Waals surface area contributed by atoms with Crippen LogP contribution in [-0.2, 0) is 12.7 Å². The molecule has 112 valence electrons. The average molecular weight is 312 g/mol. The van der Waals surface area contributed by atoms with Crippen LogP contribution in [0, 0.1) is 0 Å². The quantitative estimate of drug-likeness (QED) is 0.834. The Bertz CT molecular complexity index is 598. The summed E-state index contributed by atoms with van der Waals surface area (Å²) in [6.07, 6.45) is -1.82. The SMILES string of the molecule is FC(F)(F)c1ccc(-c2csc(CN3CCCC3)n2)cc1. The fraction of sp³-hybridized carbons (Fsp3) is 0.400. The lowest BCUT2D eigenvalue weighted by Crippen LogP contribution is -2.18. The van der Waals surface area contributed by atoms with Crippen molar-refractivity contribution >= 4 is 11.3 Å². The Morgan fingerprint density at radius 1 is 1.10 bits per heavy atom. The van der Waals surface area contributed by atoms with E-state index in [0.717, 1.165) is 48.0 Å². The van der Waals surface area contributed by atoms with Crippen molar-refractivity contribution in [2.24, 2.45) is 0 Å². The lowest BCUT2D eigenvalue weighted by Gasteiger charge is -2.11. The summed E-state index contributed by atoms with van der Waals surface area (Å²) in [6.45, 7) is 3.05. The molecule has 0 aliphatic carbocycles. The number of hydrogen-bond acceptors (Lipinski definition) is 3. The van der Waals surface area contributed by atoms with Crippen molar-refractivity contribution < 1.29 is 13.2 Å². The molecule has 2 heterocycles. The van der Waals surface area contributed by atoms with Gasteiger partial charge in [-0.2, -0.15) is 13.2 Å². The van der Waals surface area contributed by atoms with Crippen molar-refractivity contribution in [3.05, 3.63) is 40.2 Å². The second-order valence-electron chi connectivity index (χ2n) is 5.18. The van der Waals surface area contributed by atoms with E-state index in [9.17, 15) is 13.2 Å². The molecule has 0 atom stereocenters. The minimum atomic E-state index is -4.29. The molecule has 2 nitrogen and oxygen atoms in total. The van der Waals surface area contributed by atoms with E-state index in [-0.39, 0.29) is 0 Å². The van der Waals surface area contributed by atoms with Crippen molar-refractivity contribution in [1.29, 1.82) is 0 Å². The molecule has 0 radical (unpaired) electrons. The van der Waals surface area contributed by atoms with Gasteiger partial charge in [-0.1, -0.05) is 12.1 Å². The number of likely N-dealkylation sites (tertiary alicyclic amines) is 1. The van der Waals surface area contributed by atoms with E-state index in [1.54, 1.807) is 11.3 Å². The molecule has 0 amide bonds. The van der Waals surface area contributed by atoms with E-state index in [1.165, 1.54) is 25.0 Å². The highest BCUT2D eigenvalue weighted by atomic mass is 32.1. The van der Waals surface area contributed by atoms with Gasteiger partial charge in [-0.3, -0.25) is 4.90 Å². The van der Waals surface area contributed by atoms with Crippen molar-refractivity contribution in [3.63, 3.8) is 0 Å². The smallest absolute Gasteiger partial charge is 0.297 e. The number of benzene rings is 1. The Morgan fingerprint density at radius 2 is 1.76 bits per heavy atom. The zero-order valence-electron chi connectivity index (χ0n) is 11.4. The van der Waals surface area contributed by atoms with E-state index in [1.807, 2.05) is 5.38 Å². The first-order chi connectivity index (χ1) is 10.0. The van der Waals surface area contributed by atoms with Crippen molar-refractivity contribution in [2.45, 2.75) is 25.6 Å². The van der Waals surface area contributed by atoms with Gasteiger partial charge in [0.05, 0.1) is 17.8 Å². The maximum absolute atomic E-state index is 12.5. The molecule has 1 aliphatic rings. The van der Waals surface area contributed by atoms with Gasteiger partial charge in [0, 0.05) is 10.9 Å². The number of alkyl halides is 3. The van der Waals surface area contributed by atoms with Crippen LogP contribution in [0.25, 0.3) is 11.3 Å². The van der Waals surface area contributed by atoms with Gasteiger partial charge in [0.1, 0.15) is 5.01 Å². The van der Waals surface area contributed by atoms with Crippen LogP contribution in [0.4, 0.5) is 13.2 Å². The Kier molecular flexibility index (Phi) is 3.99. The normalized spacial score (nSPS) is 16.5. The van der Waals surface area contributed by atoms with Crippen LogP contribution in [-0.4, -0.2) is 23.0 Å². The molecule has 0 saturated carbocycles. The number of rotatable bonds is 3. The van der Waals surface area contributed by atoms with Gasteiger partial charge in [-0.15, -0.1) is 11.3 Å². The third kappa shape index (κ3) is 3.44. The van der Waals surface area contributed by atoms with Crippen LogP contribution in [0.5, 0.6) is 0 Å². The summed E-state index contributed by atoms with van der Waals surface area (Å²) in [4.78, 5) is 6.89. The maximum Gasteiger partial charge on any atom is 0.416 e. The molecule has 0 bridgehead atoms. The summed E-state index contributed by atoms with van der Waals surface area (Å²) in [6, 6.07) is 5.18. The Balaban J connectivity index is 1.73. The number of halogens is 3. The maximum atomic E-state index is 12.5. The molecule has 1 fully saturated rings. The van der Waals surface area contributed by atoms with Gasteiger partial charge in [0.15, 0.2) is 0 Å². The summed E-state index contributed by atoms with van der Waals surface area (Å²) in [5.41, 5.74) is 0.855. The molecule has 0 N–H and O–H groups in total. The summed E-state index contributed by atoms with van der Waals surface area (Å²) < 4.78 is 37.6. The van der Waals surface area contributed by atoms with Gasteiger partial charge < -0.3 is 0 Å². The molecule has 1 aliphatic heterocycles. The first kappa shape index (κ1) is 14.5. The summed E-state index contributed by atoms with van der Waals surface area (Å²) in [5.74, 6) is 0. The zero-order chi connectivity index (χ0) is 14.9. The standard InChI is InChI=1S/C15H15F3N2S/c16-15(17,18)12-5-3-11(4-6-12)13-10-21-14(19-13)9-20-7-1-2-8-20/h3-6,10H,1-2,7-9H2. The third-order valence-corrected chi connectivity index (χ3v) is 4.45. The summed E-state index contributed by atoms with van der Waals surface area (Å²) in [7, 11) is 0. The van der Waals surface area contributed by atoms with Crippen LogP contribution < -0.4 is 0 Å². The van der Waals surface area contributed by atoms with Crippen LogP contribution in [0.3, 0.4) is 0 Å². The lowest BCUT2D eigenvalue weighted by atomic mass is 10.1. The van der Waals surface area contributed by atoms with Crippen LogP contribution in [0.15, 0.2) is 29.6 Å². The molecule has 0 unspecified atom stereocenters. The van der Waals surface area contributed by atoms with E-state index < -0.39 is 11.7 Å². The molecule has 1 aromatic carbocycles. The monoisotopic (exact) mass is 312 g/mol. The number of nitrogens with zero attached hydrogens (tertiary/aromatic N) is 2. The summed E-state index contributed by atoms with van der Waals surface area (Å²) in [5, 5.41) is 2.93. The number of aromatic nitrogens is 1. The molecule has 6 heteroatoms. The molecular formula is C15H15F3N2S. The van der Waals surface area contributed by atoms with Crippen LogP contribution >= 0.6 is 11.3 Å². The Hall–Kier alpha value is -1.40. The van der Waals surface area contributed by atoms with Crippen LogP contribution in [0.1, 0.15) is 23.4 Å². The first-order valence-corrected chi connectivity index (χ1v) is 7.75. The van der Waals surface area contributed by atoms with Gasteiger partial charge in [0.25, 0.3) is 0 Å². The second-order valence-corrected chi connectivity index (χ2v) is 6.13. The highest BCUT2D eigenvalue weighted by Crippen LogP contribution is 2.31. The van der Waals surface area contributed by atoms with Gasteiger partial charge in [-0.25, -0.2) is 4.98 Å². The van der Waals surface area contributed by atoms with Crippen LogP contribution in [0.2, 0.25) is 0 Å². The molecule has 0 spiro atoms. The first-order valence-electron chi connectivity index (χ1n) is 6.87. The second kappa shape index (κ2) is 5.77. The van der Waals surface area contributed by atoms with E-state index in [0.29, 0.717) is 0 Å². The van der Waals surface area contributed by atoms with Gasteiger partial charge in [0.2, 0.25) is 0 Å². The zero-order valence-corrected chi connectivity index (χ0v) is 12.2. The molecular weight excluding hydrogens is 297 g/mol. The molecule has 1 saturated heterocycles.